The van der Waals surface area contributed by atoms with Crippen LogP contribution in [-0.4, -0.2) is 44.7 Å². The van der Waals surface area contributed by atoms with Crippen molar-refractivity contribution in [1.29, 1.82) is 0 Å². The van der Waals surface area contributed by atoms with Gasteiger partial charge in [-0.3, -0.25) is 4.79 Å². The Morgan fingerprint density at radius 2 is 1.69 bits per heavy atom. The number of sulfone groups is 1. The van der Waals surface area contributed by atoms with Crippen LogP contribution in [0.3, 0.4) is 0 Å². The van der Waals surface area contributed by atoms with Crippen LogP contribution >= 0.6 is 0 Å². The predicted molar refractivity (Wildman–Crippen MR) is 99.7 cm³/mol. The highest BCUT2D eigenvalue weighted by molar-refractivity contribution is 7.91. The third-order valence-corrected chi connectivity index (χ3v) is 6.44. The van der Waals surface area contributed by atoms with Gasteiger partial charge in [0.25, 0.3) is 5.91 Å². The number of amides is 1. The summed E-state index contributed by atoms with van der Waals surface area (Å²) in [5, 5.41) is 0. The molecule has 0 radical (unpaired) electrons. The third-order valence-electron chi connectivity index (χ3n) is 4.53. The van der Waals surface area contributed by atoms with Gasteiger partial charge < -0.3 is 9.64 Å². The highest BCUT2D eigenvalue weighted by Gasteiger charge is 2.28. The third kappa shape index (κ3) is 4.85. The molecule has 0 spiro atoms. The van der Waals surface area contributed by atoms with Crippen molar-refractivity contribution >= 4 is 15.7 Å². The Hall–Kier alpha value is -2.34. The van der Waals surface area contributed by atoms with Crippen molar-refractivity contribution in [2.45, 2.75) is 17.7 Å². The molecule has 0 N–H and O–H groups in total. The Labute approximate surface area is 154 Å². The molecule has 1 unspecified atom stereocenters. The Balaban J connectivity index is 1.56. The first-order valence-electron chi connectivity index (χ1n) is 8.78. The molecule has 1 heterocycles. The molecule has 1 amide bonds. The quantitative estimate of drug-likeness (QED) is 0.781. The maximum Gasteiger partial charge on any atom is 0.260 e. The molecule has 0 bridgehead atoms. The smallest absolute Gasteiger partial charge is 0.260 e. The number of para-hydroxylation sites is 1. The molecule has 1 atom stereocenters. The predicted octanol–water partition coefficient (Wildman–Crippen LogP) is 2.78. The molecular weight excluding hydrogens is 350 g/mol. The van der Waals surface area contributed by atoms with Gasteiger partial charge in [-0.15, -0.1) is 0 Å². The van der Waals surface area contributed by atoms with E-state index in [1.54, 1.807) is 47.4 Å². The van der Waals surface area contributed by atoms with Crippen LogP contribution in [0.4, 0.5) is 0 Å². The molecule has 2 aromatic carbocycles. The molecule has 2 aromatic rings. The van der Waals surface area contributed by atoms with Crippen molar-refractivity contribution in [3.63, 3.8) is 0 Å². The number of ether oxygens (including phenoxy) is 1. The molecule has 1 aliphatic heterocycles. The van der Waals surface area contributed by atoms with E-state index >= 15 is 0 Å². The van der Waals surface area contributed by atoms with Gasteiger partial charge in [-0.05, 0) is 43.0 Å². The first kappa shape index (κ1) is 18.5. The standard InChI is InChI=1S/C20H23NO4S/c22-20(15-25-18-9-3-1-4-10-18)21-13-7-8-17(14-21)16-26(23,24)19-11-5-2-6-12-19/h1-6,9-12,17H,7-8,13-16H2. The van der Waals surface area contributed by atoms with Crippen LogP contribution in [0.25, 0.3) is 0 Å². The highest BCUT2D eigenvalue weighted by Crippen LogP contribution is 2.22. The summed E-state index contributed by atoms with van der Waals surface area (Å²) >= 11 is 0. The summed E-state index contributed by atoms with van der Waals surface area (Å²) in [5.74, 6) is 0.576. The fraction of sp³-hybridized carbons (Fsp3) is 0.350. The molecule has 1 saturated heterocycles. The monoisotopic (exact) mass is 373 g/mol. The van der Waals surface area contributed by atoms with E-state index in [0.29, 0.717) is 23.7 Å². The summed E-state index contributed by atoms with van der Waals surface area (Å²) in [7, 11) is -3.33. The minimum atomic E-state index is -3.33. The fourth-order valence-corrected chi connectivity index (χ4v) is 4.87. The molecule has 1 aliphatic rings. The molecule has 138 valence electrons. The van der Waals surface area contributed by atoms with E-state index in [1.165, 1.54) is 0 Å². The summed E-state index contributed by atoms with van der Waals surface area (Å²) in [6, 6.07) is 17.7. The maximum absolute atomic E-state index is 12.6. The summed E-state index contributed by atoms with van der Waals surface area (Å²) in [6.45, 7) is 1.09. The average molecular weight is 373 g/mol. The number of hydrogen-bond donors (Lipinski definition) is 0. The SMILES string of the molecule is O=C(COc1ccccc1)N1CCCC(CS(=O)(=O)c2ccccc2)C1. The van der Waals surface area contributed by atoms with Gasteiger partial charge >= 0.3 is 0 Å². The van der Waals surface area contributed by atoms with Gasteiger partial charge in [0.1, 0.15) is 5.75 Å². The normalized spacial score (nSPS) is 17.7. The van der Waals surface area contributed by atoms with Gasteiger partial charge in [-0.25, -0.2) is 8.42 Å². The van der Waals surface area contributed by atoms with E-state index in [2.05, 4.69) is 0 Å². The Morgan fingerprint density at radius 3 is 2.38 bits per heavy atom. The summed E-state index contributed by atoms with van der Waals surface area (Å²) in [5.41, 5.74) is 0. The van der Waals surface area contributed by atoms with Crippen molar-refractivity contribution in [3.05, 3.63) is 60.7 Å². The Morgan fingerprint density at radius 1 is 1.04 bits per heavy atom. The second-order valence-corrected chi connectivity index (χ2v) is 8.58. The lowest BCUT2D eigenvalue weighted by Gasteiger charge is -2.32. The molecule has 26 heavy (non-hydrogen) atoms. The van der Waals surface area contributed by atoms with Crippen molar-refractivity contribution in [3.8, 4) is 5.75 Å². The van der Waals surface area contributed by atoms with Crippen LogP contribution in [0.5, 0.6) is 5.75 Å². The van der Waals surface area contributed by atoms with E-state index in [-0.39, 0.29) is 24.2 Å². The number of carbonyl (C=O) groups excluding carboxylic acids is 1. The number of hydrogen-bond acceptors (Lipinski definition) is 4. The second kappa shape index (κ2) is 8.36. The first-order valence-corrected chi connectivity index (χ1v) is 10.4. The Bertz CT molecular complexity index is 821. The Kier molecular flexibility index (Phi) is 5.93. The minimum absolute atomic E-state index is 0.0256. The summed E-state index contributed by atoms with van der Waals surface area (Å²) < 4.78 is 30.6. The zero-order chi connectivity index (χ0) is 18.4. The zero-order valence-electron chi connectivity index (χ0n) is 14.6. The van der Waals surface area contributed by atoms with E-state index in [4.69, 9.17) is 4.74 Å². The van der Waals surface area contributed by atoms with Gasteiger partial charge in [0.15, 0.2) is 16.4 Å². The van der Waals surface area contributed by atoms with E-state index in [0.717, 1.165) is 12.8 Å². The van der Waals surface area contributed by atoms with Crippen molar-refractivity contribution in [1.82, 2.24) is 4.90 Å². The van der Waals surface area contributed by atoms with E-state index < -0.39 is 9.84 Å². The van der Waals surface area contributed by atoms with Crippen LogP contribution < -0.4 is 4.74 Å². The van der Waals surface area contributed by atoms with Crippen molar-refractivity contribution < 1.29 is 17.9 Å². The molecule has 3 rings (SSSR count). The number of piperidine rings is 1. The fourth-order valence-electron chi connectivity index (χ4n) is 3.22. The lowest BCUT2D eigenvalue weighted by molar-refractivity contribution is -0.135. The van der Waals surface area contributed by atoms with E-state index in [1.807, 2.05) is 18.2 Å². The number of rotatable bonds is 6. The van der Waals surface area contributed by atoms with Crippen LogP contribution in [0.1, 0.15) is 12.8 Å². The topological polar surface area (TPSA) is 63.7 Å². The van der Waals surface area contributed by atoms with Crippen LogP contribution in [0.2, 0.25) is 0 Å². The minimum Gasteiger partial charge on any atom is -0.484 e. The summed E-state index contributed by atoms with van der Waals surface area (Å²) in [6.07, 6.45) is 1.63. The number of benzene rings is 2. The molecular formula is C20H23NO4S. The first-order chi connectivity index (χ1) is 12.5. The van der Waals surface area contributed by atoms with Crippen molar-refractivity contribution in [2.75, 3.05) is 25.4 Å². The van der Waals surface area contributed by atoms with Gasteiger partial charge in [-0.1, -0.05) is 36.4 Å². The van der Waals surface area contributed by atoms with E-state index in [9.17, 15) is 13.2 Å². The van der Waals surface area contributed by atoms with Gasteiger partial charge in [-0.2, -0.15) is 0 Å². The molecule has 6 heteroatoms. The molecule has 1 fully saturated rings. The second-order valence-electron chi connectivity index (χ2n) is 6.54. The number of carbonyl (C=O) groups is 1. The van der Waals surface area contributed by atoms with Crippen LogP contribution in [0.15, 0.2) is 65.6 Å². The lowest BCUT2D eigenvalue weighted by Crippen LogP contribution is -2.43. The van der Waals surface area contributed by atoms with Gasteiger partial charge in [0.05, 0.1) is 10.6 Å². The molecule has 0 aliphatic carbocycles. The average Bonchev–Trinajstić information content (AvgIpc) is 2.67. The number of likely N-dealkylation sites (tertiary alicyclic amines) is 1. The molecule has 0 saturated carbocycles. The largest absolute Gasteiger partial charge is 0.484 e. The maximum atomic E-state index is 12.6. The molecule has 5 nitrogen and oxygen atoms in total. The highest BCUT2D eigenvalue weighted by atomic mass is 32.2. The number of nitrogens with zero attached hydrogens (tertiary/aromatic N) is 1. The van der Waals surface area contributed by atoms with Gasteiger partial charge in [0, 0.05) is 13.1 Å². The zero-order valence-corrected chi connectivity index (χ0v) is 15.4. The molecule has 0 aromatic heterocycles. The van der Waals surface area contributed by atoms with Gasteiger partial charge in [0.2, 0.25) is 0 Å². The van der Waals surface area contributed by atoms with Crippen LogP contribution in [-0.2, 0) is 14.6 Å². The lowest BCUT2D eigenvalue weighted by atomic mass is 10.00. The van der Waals surface area contributed by atoms with Crippen LogP contribution in [0, 0.1) is 5.92 Å². The van der Waals surface area contributed by atoms with Crippen molar-refractivity contribution in [2.24, 2.45) is 5.92 Å². The summed E-state index contributed by atoms with van der Waals surface area (Å²) in [4.78, 5) is 14.5.